The van der Waals surface area contributed by atoms with Crippen LogP contribution in [0.1, 0.15) is 25.0 Å². The number of carbonyl (C=O) groups is 1. The SMILES string of the molecule is CCOC(=O)C(C)(Cc1cccnc1)c1cccc(F)c1. The molecule has 0 aliphatic heterocycles. The van der Waals surface area contributed by atoms with E-state index < -0.39 is 5.41 Å². The van der Waals surface area contributed by atoms with Crippen molar-refractivity contribution < 1.29 is 13.9 Å². The smallest absolute Gasteiger partial charge is 0.316 e. The predicted molar refractivity (Wildman–Crippen MR) is 78.3 cm³/mol. The number of halogens is 1. The Morgan fingerprint density at radius 2 is 2.14 bits per heavy atom. The van der Waals surface area contributed by atoms with Crippen LogP contribution in [0.2, 0.25) is 0 Å². The number of hydrogen-bond donors (Lipinski definition) is 0. The van der Waals surface area contributed by atoms with Crippen molar-refractivity contribution in [3.05, 3.63) is 65.7 Å². The molecule has 0 spiro atoms. The third kappa shape index (κ3) is 3.45. The maximum Gasteiger partial charge on any atom is 0.316 e. The number of pyridine rings is 1. The monoisotopic (exact) mass is 287 g/mol. The summed E-state index contributed by atoms with van der Waals surface area (Å²) in [4.78, 5) is 16.5. The van der Waals surface area contributed by atoms with Gasteiger partial charge in [-0.05, 0) is 49.6 Å². The largest absolute Gasteiger partial charge is 0.465 e. The molecule has 0 radical (unpaired) electrons. The third-order valence-corrected chi connectivity index (χ3v) is 3.47. The number of esters is 1. The minimum atomic E-state index is -0.943. The van der Waals surface area contributed by atoms with Crippen molar-refractivity contribution >= 4 is 5.97 Å². The fourth-order valence-corrected chi connectivity index (χ4v) is 2.33. The van der Waals surface area contributed by atoms with Gasteiger partial charge in [0.25, 0.3) is 0 Å². The molecule has 110 valence electrons. The van der Waals surface area contributed by atoms with Gasteiger partial charge in [-0.25, -0.2) is 4.39 Å². The van der Waals surface area contributed by atoms with E-state index in [1.54, 1.807) is 38.4 Å². The second-order valence-electron chi connectivity index (χ2n) is 5.10. The molecule has 2 aromatic rings. The normalized spacial score (nSPS) is 13.5. The molecule has 0 bridgehead atoms. The van der Waals surface area contributed by atoms with Crippen LogP contribution >= 0.6 is 0 Å². The summed E-state index contributed by atoms with van der Waals surface area (Å²) >= 11 is 0. The summed E-state index contributed by atoms with van der Waals surface area (Å²) in [7, 11) is 0. The van der Waals surface area contributed by atoms with E-state index in [1.165, 1.54) is 12.1 Å². The molecular weight excluding hydrogens is 269 g/mol. The molecule has 1 heterocycles. The number of aromatic nitrogens is 1. The maximum atomic E-state index is 13.5. The summed E-state index contributed by atoms with van der Waals surface area (Å²) in [6.45, 7) is 3.82. The molecule has 1 aromatic carbocycles. The first-order valence-electron chi connectivity index (χ1n) is 6.88. The first kappa shape index (κ1) is 15.2. The minimum Gasteiger partial charge on any atom is -0.465 e. The number of rotatable bonds is 5. The highest BCUT2D eigenvalue weighted by atomic mass is 19.1. The van der Waals surface area contributed by atoms with Crippen LogP contribution in [0.4, 0.5) is 4.39 Å². The average molecular weight is 287 g/mol. The lowest BCUT2D eigenvalue weighted by atomic mass is 9.77. The van der Waals surface area contributed by atoms with Gasteiger partial charge in [0.05, 0.1) is 12.0 Å². The fourth-order valence-electron chi connectivity index (χ4n) is 2.33. The summed E-state index contributed by atoms with van der Waals surface area (Å²) in [6, 6.07) is 9.80. The van der Waals surface area contributed by atoms with Crippen molar-refractivity contribution in [2.75, 3.05) is 6.61 Å². The van der Waals surface area contributed by atoms with Gasteiger partial charge in [-0.3, -0.25) is 9.78 Å². The molecule has 0 saturated heterocycles. The highest BCUT2D eigenvalue weighted by Gasteiger charge is 2.37. The molecule has 1 unspecified atom stereocenters. The van der Waals surface area contributed by atoms with Gasteiger partial charge in [-0.15, -0.1) is 0 Å². The highest BCUT2D eigenvalue weighted by molar-refractivity contribution is 5.83. The molecule has 1 atom stereocenters. The van der Waals surface area contributed by atoms with Gasteiger partial charge in [0.15, 0.2) is 0 Å². The lowest BCUT2D eigenvalue weighted by Crippen LogP contribution is -2.37. The molecular formula is C17H18FNO2. The van der Waals surface area contributed by atoms with Crippen LogP contribution < -0.4 is 0 Å². The summed E-state index contributed by atoms with van der Waals surface area (Å²) in [6.07, 6.45) is 3.79. The Balaban J connectivity index is 2.41. The number of carbonyl (C=O) groups excluding carboxylic acids is 1. The third-order valence-electron chi connectivity index (χ3n) is 3.47. The number of benzene rings is 1. The van der Waals surface area contributed by atoms with Crippen molar-refractivity contribution in [1.29, 1.82) is 0 Å². The zero-order valence-corrected chi connectivity index (χ0v) is 12.2. The minimum absolute atomic E-state index is 0.288. The Morgan fingerprint density at radius 1 is 1.33 bits per heavy atom. The van der Waals surface area contributed by atoms with Crippen LogP contribution in [-0.4, -0.2) is 17.6 Å². The van der Waals surface area contributed by atoms with Gasteiger partial charge in [0.2, 0.25) is 0 Å². The summed E-state index contributed by atoms with van der Waals surface area (Å²) in [5.41, 5.74) is 0.559. The number of ether oxygens (including phenoxy) is 1. The van der Waals surface area contributed by atoms with E-state index in [1.807, 2.05) is 12.1 Å². The van der Waals surface area contributed by atoms with Gasteiger partial charge in [-0.2, -0.15) is 0 Å². The highest BCUT2D eigenvalue weighted by Crippen LogP contribution is 2.30. The molecule has 0 N–H and O–H groups in total. The zero-order chi connectivity index (χ0) is 15.3. The molecule has 4 heteroatoms. The molecule has 0 amide bonds. The van der Waals surface area contributed by atoms with Gasteiger partial charge < -0.3 is 4.74 Å². The standard InChI is InChI=1S/C17H18FNO2/c1-3-21-16(20)17(2,11-13-6-5-9-19-12-13)14-7-4-8-15(18)10-14/h4-10,12H,3,11H2,1-2H3. The van der Waals surface area contributed by atoms with E-state index in [0.29, 0.717) is 12.0 Å². The van der Waals surface area contributed by atoms with Crippen LogP contribution in [0.25, 0.3) is 0 Å². The van der Waals surface area contributed by atoms with E-state index >= 15 is 0 Å². The van der Waals surface area contributed by atoms with E-state index in [9.17, 15) is 9.18 Å². The summed E-state index contributed by atoms with van der Waals surface area (Å²) in [5, 5.41) is 0. The molecule has 21 heavy (non-hydrogen) atoms. The van der Waals surface area contributed by atoms with Gasteiger partial charge in [-0.1, -0.05) is 18.2 Å². The predicted octanol–water partition coefficient (Wildman–Crippen LogP) is 3.28. The van der Waals surface area contributed by atoms with Crippen molar-refractivity contribution in [3.63, 3.8) is 0 Å². The van der Waals surface area contributed by atoms with Gasteiger partial charge in [0.1, 0.15) is 5.82 Å². The van der Waals surface area contributed by atoms with Gasteiger partial charge >= 0.3 is 5.97 Å². The van der Waals surface area contributed by atoms with Crippen molar-refractivity contribution in [1.82, 2.24) is 4.98 Å². The van der Waals surface area contributed by atoms with Crippen LogP contribution in [0.15, 0.2) is 48.8 Å². The molecule has 1 aromatic heterocycles. The second-order valence-corrected chi connectivity index (χ2v) is 5.10. The lowest BCUT2D eigenvalue weighted by molar-refractivity contribution is -0.149. The zero-order valence-electron chi connectivity index (χ0n) is 12.2. The summed E-state index contributed by atoms with van der Waals surface area (Å²) in [5.74, 6) is -0.728. The Bertz CT molecular complexity index is 615. The molecule has 0 saturated carbocycles. The molecule has 3 nitrogen and oxygen atoms in total. The van der Waals surface area contributed by atoms with Gasteiger partial charge in [0, 0.05) is 12.4 Å². The van der Waals surface area contributed by atoms with Crippen LogP contribution in [0.5, 0.6) is 0 Å². The number of nitrogens with zero attached hydrogens (tertiary/aromatic N) is 1. The topological polar surface area (TPSA) is 39.2 Å². The first-order chi connectivity index (χ1) is 10.1. The Morgan fingerprint density at radius 3 is 2.76 bits per heavy atom. The van der Waals surface area contributed by atoms with E-state index in [0.717, 1.165) is 5.56 Å². The molecule has 0 aliphatic carbocycles. The van der Waals surface area contributed by atoms with E-state index in [-0.39, 0.29) is 18.4 Å². The summed E-state index contributed by atoms with van der Waals surface area (Å²) < 4.78 is 18.7. The quantitative estimate of drug-likeness (QED) is 0.792. The van der Waals surface area contributed by atoms with E-state index in [2.05, 4.69) is 4.98 Å². The van der Waals surface area contributed by atoms with Crippen LogP contribution in [0.3, 0.4) is 0 Å². The lowest BCUT2D eigenvalue weighted by Gasteiger charge is -2.28. The van der Waals surface area contributed by atoms with Crippen LogP contribution in [-0.2, 0) is 21.4 Å². The van der Waals surface area contributed by atoms with E-state index in [4.69, 9.17) is 4.74 Å². The maximum absolute atomic E-state index is 13.5. The fraction of sp³-hybridized carbons (Fsp3) is 0.294. The van der Waals surface area contributed by atoms with Crippen molar-refractivity contribution in [2.24, 2.45) is 0 Å². The number of hydrogen-bond acceptors (Lipinski definition) is 3. The van der Waals surface area contributed by atoms with Crippen molar-refractivity contribution in [2.45, 2.75) is 25.7 Å². The molecule has 2 rings (SSSR count). The second kappa shape index (κ2) is 6.48. The molecule has 0 fully saturated rings. The average Bonchev–Trinajstić information content (AvgIpc) is 2.48. The van der Waals surface area contributed by atoms with Crippen LogP contribution in [0, 0.1) is 5.82 Å². The Hall–Kier alpha value is -2.23. The first-order valence-corrected chi connectivity index (χ1v) is 6.88. The Labute approximate surface area is 123 Å². The molecule has 0 aliphatic rings. The van der Waals surface area contributed by atoms with Crippen molar-refractivity contribution in [3.8, 4) is 0 Å². The Kier molecular flexibility index (Phi) is 4.68.